The van der Waals surface area contributed by atoms with Crippen LogP contribution in [0.1, 0.15) is 24.8 Å². The first-order valence-corrected chi connectivity index (χ1v) is 12.5. The number of benzene rings is 2. The quantitative estimate of drug-likeness (QED) is 0.720. The second kappa shape index (κ2) is 8.83. The van der Waals surface area contributed by atoms with Gasteiger partial charge in [-0.1, -0.05) is 24.6 Å². The van der Waals surface area contributed by atoms with E-state index in [1.54, 1.807) is 12.1 Å². The van der Waals surface area contributed by atoms with Gasteiger partial charge in [0.1, 0.15) is 0 Å². The molecule has 1 heterocycles. The zero-order chi connectivity index (χ0) is 21.1. The average Bonchev–Trinajstić information content (AvgIpc) is 2.70. The third-order valence-corrected chi connectivity index (χ3v) is 8.23. The van der Waals surface area contributed by atoms with Crippen LogP contribution in [0.15, 0.2) is 58.3 Å². The van der Waals surface area contributed by atoms with Crippen LogP contribution in [0.25, 0.3) is 0 Å². The fourth-order valence-electron chi connectivity index (χ4n) is 3.32. The molecule has 0 atom stereocenters. The van der Waals surface area contributed by atoms with Crippen LogP contribution in [0, 0.1) is 0 Å². The highest BCUT2D eigenvalue weighted by atomic mass is 32.2. The summed E-state index contributed by atoms with van der Waals surface area (Å²) in [6, 6.07) is 12.6. The van der Waals surface area contributed by atoms with Crippen LogP contribution in [0.5, 0.6) is 0 Å². The molecule has 2 aromatic carbocycles. The van der Waals surface area contributed by atoms with E-state index in [0.717, 1.165) is 35.8 Å². The SMILES string of the molecule is CN(C)S(=O)(=O)c1ccc(S(=O)(=O)Nc2ccccc2CN2CCCCC2)cc1. The van der Waals surface area contributed by atoms with Crippen LogP contribution in [0.2, 0.25) is 0 Å². The summed E-state index contributed by atoms with van der Waals surface area (Å²) >= 11 is 0. The van der Waals surface area contributed by atoms with E-state index in [-0.39, 0.29) is 9.79 Å². The van der Waals surface area contributed by atoms with Crippen LogP contribution in [-0.4, -0.2) is 53.2 Å². The summed E-state index contributed by atoms with van der Waals surface area (Å²) < 4.78 is 53.8. The Labute approximate surface area is 173 Å². The normalized spacial score (nSPS) is 16.1. The van der Waals surface area contributed by atoms with Crippen molar-refractivity contribution in [1.82, 2.24) is 9.21 Å². The van der Waals surface area contributed by atoms with Gasteiger partial charge in [0.25, 0.3) is 10.0 Å². The first-order valence-electron chi connectivity index (χ1n) is 9.56. The van der Waals surface area contributed by atoms with Crippen LogP contribution >= 0.6 is 0 Å². The molecule has 0 unspecified atom stereocenters. The first kappa shape index (κ1) is 21.8. The first-order chi connectivity index (χ1) is 13.7. The lowest BCUT2D eigenvalue weighted by Crippen LogP contribution is -2.29. The highest BCUT2D eigenvalue weighted by Gasteiger charge is 2.21. The minimum atomic E-state index is -3.84. The minimum Gasteiger partial charge on any atom is -0.299 e. The van der Waals surface area contributed by atoms with Crippen LogP contribution in [0.3, 0.4) is 0 Å². The summed E-state index contributed by atoms with van der Waals surface area (Å²) in [4.78, 5) is 2.40. The van der Waals surface area contributed by atoms with Crippen LogP contribution in [0.4, 0.5) is 5.69 Å². The van der Waals surface area contributed by atoms with Crippen LogP contribution < -0.4 is 4.72 Å². The fraction of sp³-hybridized carbons (Fsp3) is 0.400. The third kappa shape index (κ3) is 5.16. The van der Waals surface area contributed by atoms with Gasteiger partial charge in [0, 0.05) is 20.6 Å². The van der Waals surface area contributed by atoms with Crippen molar-refractivity contribution in [3.8, 4) is 0 Å². The lowest BCUT2D eigenvalue weighted by Gasteiger charge is -2.27. The number of nitrogens with one attached hydrogen (secondary N) is 1. The van der Waals surface area contributed by atoms with Gasteiger partial charge in [-0.25, -0.2) is 21.1 Å². The molecule has 0 aromatic heterocycles. The second-order valence-electron chi connectivity index (χ2n) is 7.36. The van der Waals surface area contributed by atoms with E-state index in [1.807, 2.05) is 12.1 Å². The molecule has 9 heteroatoms. The van der Waals surface area contributed by atoms with Gasteiger partial charge < -0.3 is 0 Å². The van der Waals surface area contributed by atoms with Crippen molar-refractivity contribution in [3.05, 3.63) is 54.1 Å². The number of rotatable bonds is 7. The van der Waals surface area contributed by atoms with E-state index in [2.05, 4.69) is 9.62 Å². The molecule has 29 heavy (non-hydrogen) atoms. The Hall–Kier alpha value is -1.94. The van der Waals surface area contributed by atoms with Gasteiger partial charge in [0.2, 0.25) is 10.0 Å². The molecular weight excluding hydrogens is 410 g/mol. The van der Waals surface area contributed by atoms with Crippen molar-refractivity contribution in [2.75, 3.05) is 31.9 Å². The molecule has 7 nitrogen and oxygen atoms in total. The van der Waals surface area contributed by atoms with E-state index in [9.17, 15) is 16.8 Å². The molecule has 1 fully saturated rings. The van der Waals surface area contributed by atoms with Gasteiger partial charge in [0.05, 0.1) is 15.5 Å². The summed E-state index contributed by atoms with van der Waals surface area (Å²) in [7, 11) is -4.58. The maximum Gasteiger partial charge on any atom is 0.261 e. The van der Waals surface area contributed by atoms with Crippen molar-refractivity contribution in [2.24, 2.45) is 0 Å². The zero-order valence-corrected chi connectivity index (χ0v) is 18.3. The molecule has 0 aliphatic carbocycles. The van der Waals surface area contributed by atoms with Gasteiger partial charge in [-0.2, -0.15) is 0 Å². The number of nitrogens with zero attached hydrogens (tertiary/aromatic N) is 2. The highest BCUT2D eigenvalue weighted by Crippen LogP contribution is 2.24. The Morgan fingerprint density at radius 3 is 2.07 bits per heavy atom. The van der Waals surface area contributed by atoms with Crippen LogP contribution in [-0.2, 0) is 26.6 Å². The number of anilines is 1. The summed E-state index contributed by atoms with van der Waals surface area (Å²) in [6.45, 7) is 2.73. The van der Waals surface area contributed by atoms with E-state index >= 15 is 0 Å². The Morgan fingerprint density at radius 1 is 0.862 bits per heavy atom. The molecule has 3 rings (SSSR count). The van der Waals surface area contributed by atoms with Gasteiger partial charge in [-0.05, 0) is 61.8 Å². The molecule has 0 amide bonds. The molecule has 0 saturated carbocycles. The number of hydrogen-bond donors (Lipinski definition) is 1. The van der Waals surface area contributed by atoms with Crippen molar-refractivity contribution in [3.63, 3.8) is 0 Å². The summed E-state index contributed by atoms with van der Waals surface area (Å²) in [5, 5.41) is 0. The molecule has 0 bridgehead atoms. The highest BCUT2D eigenvalue weighted by molar-refractivity contribution is 7.92. The van der Waals surface area contributed by atoms with Crippen molar-refractivity contribution in [1.29, 1.82) is 0 Å². The smallest absolute Gasteiger partial charge is 0.261 e. The van der Waals surface area contributed by atoms with Gasteiger partial charge in [0.15, 0.2) is 0 Å². The molecular formula is C20H27N3O4S2. The number of sulfonamides is 2. The van der Waals surface area contributed by atoms with Gasteiger partial charge in [-0.15, -0.1) is 0 Å². The summed E-state index contributed by atoms with van der Waals surface area (Å²) in [5.41, 5.74) is 1.47. The molecule has 1 saturated heterocycles. The standard InChI is InChI=1S/C20H27N3O4S2/c1-22(2)29(26,27)19-12-10-18(11-13-19)28(24,25)21-20-9-5-4-8-17(20)16-23-14-6-3-7-15-23/h4-5,8-13,21H,3,6-7,14-16H2,1-2H3. The Bertz CT molecular complexity index is 1040. The predicted octanol–water partition coefficient (Wildman–Crippen LogP) is 2.72. The largest absolute Gasteiger partial charge is 0.299 e. The van der Waals surface area contributed by atoms with Crippen molar-refractivity contribution >= 4 is 25.7 Å². The Kier molecular flexibility index (Phi) is 6.62. The zero-order valence-electron chi connectivity index (χ0n) is 16.7. The Morgan fingerprint density at radius 2 is 1.45 bits per heavy atom. The molecule has 158 valence electrons. The van der Waals surface area contributed by atoms with Crippen molar-refractivity contribution < 1.29 is 16.8 Å². The average molecular weight is 438 g/mol. The topological polar surface area (TPSA) is 86.8 Å². The molecule has 1 N–H and O–H groups in total. The maximum atomic E-state index is 12.9. The number of para-hydroxylation sites is 1. The lowest BCUT2D eigenvalue weighted by molar-refractivity contribution is 0.221. The second-order valence-corrected chi connectivity index (χ2v) is 11.2. The molecule has 0 spiro atoms. The van der Waals surface area contributed by atoms with E-state index in [4.69, 9.17) is 0 Å². The molecule has 2 aromatic rings. The van der Waals surface area contributed by atoms with E-state index in [0.29, 0.717) is 12.2 Å². The van der Waals surface area contributed by atoms with E-state index < -0.39 is 20.0 Å². The van der Waals surface area contributed by atoms with Crippen molar-refractivity contribution in [2.45, 2.75) is 35.6 Å². The fourth-order valence-corrected chi connectivity index (χ4v) is 5.32. The predicted molar refractivity (Wildman–Crippen MR) is 114 cm³/mol. The molecule has 0 radical (unpaired) electrons. The summed E-state index contributed by atoms with van der Waals surface area (Å²) in [6.07, 6.45) is 3.57. The number of likely N-dealkylation sites (tertiary alicyclic amines) is 1. The lowest BCUT2D eigenvalue weighted by atomic mass is 10.1. The third-order valence-electron chi connectivity index (χ3n) is 5.02. The van der Waals surface area contributed by atoms with Gasteiger partial charge in [-0.3, -0.25) is 9.62 Å². The Balaban J connectivity index is 1.81. The summed E-state index contributed by atoms with van der Waals surface area (Å²) in [5.74, 6) is 0. The molecule has 1 aliphatic rings. The van der Waals surface area contributed by atoms with Gasteiger partial charge >= 0.3 is 0 Å². The number of piperidine rings is 1. The number of hydrogen-bond acceptors (Lipinski definition) is 5. The van der Waals surface area contributed by atoms with E-state index in [1.165, 1.54) is 44.8 Å². The molecule has 1 aliphatic heterocycles. The maximum absolute atomic E-state index is 12.9. The monoisotopic (exact) mass is 437 g/mol. The minimum absolute atomic E-state index is 0.0166.